The molecule has 31 heavy (non-hydrogen) atoms. The summed E-state index contributed by atoms with van der Waals surface area (Å²) in [5.41, 5.74) is 0.425. The van der Waals surface area contributed by atoms with E-state index < -0.39 is 7.12 Å². The van der Waals surface area contributed by atoms with Crippen LogP contribution >= 0.6 is 47.8 Å². The van der Waals surface area contributed by atoms with E-state index in [2.05, 4.69) is 77.6 Å². The molecule has 0 spiro atoms. The van der Waals surface area contributed by atoms with Gasteiger partial charge in [0.05, 0.1) is 18.0 Å². The van der Waals surface area contributed by atoms with E-state index in [0.29, 0.717) is 40.1 Å². The Bertz CT molecular complexity index is 745. The van der Waals surface area contributed by atoms with Gasteiger partial charge in [0.1, 0.15) is 0 Å². The van der Waals surface area contributed by atoms with Crippen molar-refractivity contribution in [3.8, 4) is 0 Å². The summed E-state index contributed by atoms with van der Waals surface area (Å²) in [4.78, 5) is 25.3. The molecular weight excluding hydrogens is 597 g/mol. The number of rotatable bonds is 7. The number of nitrogens with one attached hydrogen (secondary N) is 3. The van der Waals surface area contributed by atoms with Crippen LogP contribution < -0.4 is 16.0 Å². The molecule has 0 aliphatic carbocycles. The molecule has 0 saturated carbocycles. The molecule has 1 aliphatic heterocycles. The van der Waals surface area contributed by atoms with Crippen molar-refractivity contribution in [1.82, 2.24) is 16.0 Å². The number of amides is 2. The molecule has 3 N–H and O–H groups in total. The van der Waals surface area contributed by atoms with Crippen LogP contribution in [0.15, 0.2) is 25.6 Å². The molecule has 1 atom stereocenters. The third kappa shape index (κ3) is 9.13. The number of hydrogen-bond donors (Lipinski definition) is 3. The number of carbonyl (C=O) groups excluding carboxylic acids is 2. The smallest absolute Gasteiger partial charge is 0.410 e. The van der Waals surface area contributed by atoms with Crippen molar-refractivity contribution in [3.05, 3.63) is 31.1 Å². The van der Waals surface area contributed by atoms with E-state index in [1.165, 1.54) is 0 Å². The van der Waals surface area contributed by atoms with Gasteiger partial charge in [0.15, 0.2) is 0 Å². The van der Waals surface area contributed by atoms with Gasteiger partial charge in [-0.05, 0) is 98.2 Å². The summed E-state index contributed by atoms with van der Waals surface area (Å²) >= 11 is 10.2. The molecule has 0 aromatic heterocycles. The molecule has 1 heterocycles. The zero-order valence-electron chi connectivity index (χ0n) is 17.8. The molecule has 1 saturated heterocycles. The molecule has 1 aliphatic rings. The fourth-order valence-corrected chi connectivity index (χ4v) is 4.82. The molecule has 0 bridgehead atoms. The van der Waals surface area contributed by atoms with Crippen molar-refractivity contribution in [2.75, 3.05) is 32.8 Å². The normalized spacial score (nSPS) is 16.6. The first-order chi connectivity index (χ1) is 14.8. The maximum absolute atomic E-state index is 12.6. The van der Waals surface area contributed by atoms with Gasteiger partial charge in [-0.1, -0.05) is 13.8 Å². The second-order valence-corrected chi connectivity index (χ2v) is 10.3. The summed E-state index contributed by atoms with van der Waals surface area (Å²) in [5.74, 6) is -0.583. The third-order valence-electron chi connectivity index (χ3n) is 4.64. The van der Waals surface area contributed by atoms with Crippen LogP contribution in [0, 0.1) is 5.92 Å². The van der Waals surface area contributed by atoms with E-state index in [4.69, 9.17) is 9.31 Å². The van der Waals surface area contributed by atoms with Crippen LogP contribution in [0.5, 0.6) is 0 Å². The topological polar surface area (TPSA) is 88.7 Å². The lowest BCUT2D eigenvalue weighted by Crippen LogP contribution is -2.52. The van der Waals surface area contributed by atoms with Crippen LogP contribution in [0.25, 0.3) is 0 Å². The second-order valence-electron chi connectivity index (χ2n) is 7.77. The zero-order chi connectivity index (χ0) is 22.8. The molecule has 172 valence electrons. The summed E-state index contributed by atoms with van der Waals surface area (Å²) in [6.45, 7) is 6.96. The van der Waals surface area contributed by atoms with Crippen molar-refractivity contribution in [3.63, 3.8) is 0 Å². The molecule has 0 unspecified atom stereocenters. The quantitative estimate of drug-likeness (QED) is 0.318. The van der Waals surface area contributed by atoms with Crippen LogP contribution in [-0.4, -0.2) is 57.7 Å². The number of carbonyl (C=O) groups is 2. The number of hydrogen-bond acceptors (Lipinski definition) is 5. The Hall–Kier alpha value is -0.455. The van der Waals surface area contributed by atoms with Gasteiger partial charge < -0.3 is 25.3 Å². The molecule has 1 fully saturated rings. The third-order valence-corrected chi connectivity index (χ3v) is 7.32. The Labute approximate surface area is 209 Å². The minimum absolute atomic E-state index is 0.143. The highest BCUT2D eigenvalue weighted by molar-refractivity contribution is 9.13. The fraction of sp³-hybridized carbons (Fsp3) is 0.600. The van der Waals surface area contributed by atoms with Gasteiger partial charge in [0, 0.05) is 26.6 Å². The first-order valence-electron chi connectivity index (χ1n) is 10.4. The molecule has 2 rings (SSSR count). The minimum atomic E-state index is -0.506. The highest BCUT2D eigenvalue weighted by Gasteiger charge is 2.32. The number of halogens is 3. The predicted molar refractivity (Wildman–Crippen MR) is 133 cm³/mol. The molecule has 2 amide bonds. The van der Waals surface area contributed by atoms with Gasteiger partial charge >= 0.3 is 7.12 Å². The summed E-state index contributed by atoms with van der Waals surface area (Å²) in [6.07, 6.45) is 2.48. The van der Waals surface area contributed by atoms with E-state index in [1.54, 1.807) is 6.07 Å². The fourth-order valence-electron chi connectivity index (χ4n) is 3.19. The largest absolute Gasteiger partial charge is 0.480 e. The van der Waals surface area contributed by atoms with Gasteiger partial charge in [0.2, 0.25) is 5.91 Å². The van der Waals surface area contributed by atoms with Crippen molar-refractivity contribution in [2.45, 2.75) is 39.1 Å². The van der Waals surface area contributed by atoms with E-state index >= 15 is 0 Å². The minimum Gasteiger partial charge on any atom is -0.410 e. The molecule has 1 aromatic rings. The van der Waals surface area contributed by atoms with Crippen molar-refractivity contribution < 1.29 is 18.9 Å². The summed E-state index contributed by atoms with van der Waals surface area (Å²) in [5, 5.41) is 9.02. The van der Waals surface area contributed by atoms with Gasteiger partial charge in [0.25, 0.3) is 5.91 Å². The van der Waals surface area contributed by atoms with E-state index in [-0.39, 0.29) is 24.3 Å². The van der Waals surface area contributed by atoms with E-state index in [0.717, 1.165) is 30.4 Å². The Morgan fingerprint density at radius 1 is 1.10 bits per heavy atom. The highest BCUT2D eigenvalue weighted by atomic mass is 79.9. The second kappa shape index (κ2) is 13.9. The molecule has 7 nitrogen and oxygen atoms in total. The van der Waals surface area contributed by atoms with Crippen molar-refractivity contribution in [2.24, 2.45) is 5.92 Å². The molecular formula is C20H29BBr3N3O4. The zero-order valence-corrected chi connectivity index (χ0v) is 22.6. The first-order valence-corrected chi connectivity index (χ1v) is 12.8. The van der Waals surface area contributed by atoms with Gasteiger partial charge in [-0.15, -0.1) is 0 Å². The molecule has 1 aromatic carbocycles. The average molecular weight is 626 g/mol. The summed E-state index contributed by atoms with van der Waals surface area (Å²) in [6, 6.07) is 3.59. The van der Waals surface area contributed by atoms with Crippen LogP contribution in [0.3, 0.4) is 0 Å². The summed E-state index contributed by atoms with van der Waals surface area (Å²) in [7, 11) is -0.506. The molecule has 11 heteroatoms. The van der Waals surface area contributed by atoms with Crippen LogP contribution in [0.2, 0.25) is 0 Å². The lowest BCUT2D eigenvalue weighted by atomic mass is 9.73. The van der Waals surface area contributed by atoms with Crippen molar-refractivity contribution >= 4 is 66.7 Å². The van der Waals surface area contributed by atoms with Gasteiger partial charge in [-0.3, -0.25) is 9.59 Å². The SMILES string of the molecule is CC(C)C[C@H](NC(=O)CNC(=O)c1c(Br)ccc(Br)c1Br)B1OCCCNCCCO1. The Kier molecular flexibility index (Phi) is 12.1. The van der Waals surface area contributed by atoms with Crippen LogP contribution in [-0.2, 0) is 14.1 Å². The lowest BCUT2D eigenvalue weighted by Gasteiger charge is -2.27. The Morgan fingerprint density at radius 2 is 1.71 bits per heavy atom. The van der Waals surface area contributed by atoms with E-state index in [9.17, 15) is 9.59 Å². The first kappa shape index (κ1) is 26.8. The summed E-state index contributed by atoms with van der Waals surface area (Å²) < 4.78 is 13.9. The number of benzene rings is 1. The van der Waals surface area contributed by atoms with Crippen LogP contribution in [0.1, 0.15) is 43.5 Å². The average Bonchev–Trinajstić information content (AvgIpc) is 2.72. The standard InChI is InChI=1S/C20H29BBr3N3O4/c1-13(2)11-16(21-30-9-3-7-25-8-4-10-31-21)27-17(28)12-26-20(29)18-14(22)5-6-15(23)19(18)24/h5-6,13,16,25H,3-4,7-12H2,1-2H3,(H,26,29)(H,27,28)/t16-/m0/s1. The lowest BCUT2D eigenvalue weighted by molar-refractivity contribution is -0.120. The van der Waals surface area contributed by atoms with Crippen LogP contribution in [0.4, 0.5) is 0 Å². The van der Waals surface area contributed by atoms with Gasteiger partial charge in [-0.25, -0.2) is 0 Å². The predicted octanol–water partition coefficient (Wildman–Crippen LogP) is 3.68. The monoisotopic (exact) mass is 623 g/mol. The Morgan fingerprint density at radius 3 is 2.32 bits per heavy atom. The highest BCUT2D eigenvalue weighted by Crippen LogP contribution is 2.32. The van der Waals surface area contributed by atoms with E-state index in [1.807, 2.05) is 6.07 Å². The Balaban J connectivity index is 1.98. The maximum atomic E-state index is 12.6. The van der Waals surface area contributed by atoms with Crippen molar-refractivity contribution in [1.29, 1.82) is 0 Å². The maximum Gasteiger partial charge on any atom is 0.480 e. The van der Waals surface area contributed by atoms with Gasteiger partial charge in [-0.2, -0.15) is 0 Å². The molecule has 0 radical (unpaired) electrons.